The lowest BCUT2D eigenvalue weighted by molar-refractivity contribution is -0.117. The molecule has 2 amide bonds. The van der Waals surface area contributed by atoms with Crippen molar-refractivity contribution in [3.63, 3.8) is 0 Å². The van der Waals surface area contributed by atoms with Crippen molar-refractivity contribution in [3.8, 4) is 6.07 Å². The molecule has 3 rings (SSSR count). The molecule has 0 saturated carbocycles. The van der Waals surface area contributed by atoms with Crippen molar-refractivity contribution in [1.29, 1.82) is 5.26 Å². The third-order valence-corrected chi connectivity index (χ3v) is 5.79. The van der Waals surface area contributed by atoms with Gasteiger partial charge in [0.1, 0.15) is 16.7 Å². The Kier molecular flexibility index (Phi) is 5.86. The number of likely N-dealkylation sites (N-methyl/N-ethyl adjacent to an activating group) is 1. The Hall–Kier alpha value is -3.04. The van der Waals surface area contributed by atoms with Gasteiger partial charge >= 0.3 is 0 Å². The zero-order valence-corrected chi connectivity index (χ0v) is 16.8. The van der Waals surface area contributed by atoms with Crippen molar-refractivity contribution in [2.24, 2.45) is 0 Å². The molecule has 1 aliphatic rings. The van der Waals surface area contributed by atoms with Crippen LogP contribution < -0.4 is 10.2 Å². The van der Waals surface area contributed by atoms with Crippen LogP contribution in [-0.4, -0.2) is 24.1 Å². The minimum absolute atomic E-state index is 0.0480. The van der Waals surface area contributed by atoms with Crippen LogP contribution >= 0.6 is 11.8 Å². The molecule has 0 unspecified atom stereocenters. The summed E-state index contributed by atoms with van der Waals surface area (Å²) in [6, 6.07) is 17.5. The predicted molar refractivity (Wildman–Crippen MR) is 112 cm³/mol. The van der Waals surface area contributed by atoms with E-state index in [1.54, 1.807) is 0 Å². The highest BCUT2D eigenvalue weighted by atomic mass is 32.2. The Morgan fingerprint density at radius 3 is 2.50 bits per heavy atom. The molecule has 2 aromatic rings. The molecule has 1 aliphatic heterocycles. The minimum atomic E-state index is -0.494. The lowest BCUT2D eigenvalue weighted by Gasteiger charge is -2.18. The second kappa shape index (κ2) is 8.32. The number of carbonyl (C=O) groups excluding carboxylic acids is 2. The van der Waals surface area contributed by atoms with Gasteiger partial charge in [0.05, 0.1) is 5.25 Å². The van der Waals surface area contributed by atoms with E-state index in [0.717, 1.165) is 16.7 Å². The molecule has 1 atom stereocenters. The van der Waals surface area contributed by atoms with Crippen LogP contribution in [-0.2, 0) is 16.0 Å². The Labute approximate surface area is 169 Å². The largest absolute Gasteiger partial charge is 0.354 e. The maximum Gasteiger partial charge on any atom is 0.264 e. The van der Waals surface area contributed by atoms with Crippen LogP contribution in [0.25, 0.3) is 0 Å². The summed E-state index contributed by atoms with van der Waals surface area (Å²) >= 11 is 1.28. The number of carbonyl (C=O) groups is 2. The lowest BCUT2D eigenvalue weighted by Crippen LogP contribution is -2.31. The molecule has 0 bridgehead atoms. The molecular weight excluding hydrogens is 370 g/mol. The number of nitrogens with zero attached hydrogens (tertiary/aromatic N) is 2. The van der Waals surface area contributed by atoms with Crippen LogP contribution in [0.2, 0.25) is 0 Å². The summed E-state index contributed by atoms with van der Waals surface area (Å²) in [4.78, 5) is 27.0. The molecule has 0 aromatic heterocycles. The fourth-order valence-electron chi connectivity index (χ4n) is 3.09. The Bertz CT molecular complexity index is 990. The van der Waals surface area contributed by atoms with E-state index in [0.29, 0.717) is 17.1 Å². The molecule has 1 N–H and O–H groups in total. The number of amides is 2. The zero-order valence-electron chi connectivity index (χ0n) is 16.0. The first-order valence-corrected chi connectivity index (χ1v) is 9.82. The fraction of sp³-hybridized carbons (Fsp3) is 0.227. The standard InChI is InChI=1S/C22H21N3O2S/c1-14-7-9-17(10-8-14)25-21(27)19(12-16-6-4-5-15(2)11-16)28-22(25)18(13-23)20(26)24-3/h4-11,19H,12H2,1-3H3,(H,24,26)/b22-18+/t19-/m1/s1. The third kappa shape index (κ3) is 3.95. The monoisotopic (exact) mass is 391 g/mol. The summed E-state index contributed by atoms with van der Waals surface area (Å²) in [5, 5.41) is 12.1. The number of thioether (sulfide) groups is 1. The van der Waals surface area contributed by atoms with Crippen LogP contribution in [0.3, 0.4) is 0 Å². The normalized spacial score (nSPS) is 18.0. The maximum absolute atomic E-state index is 13.3. The van der Waals surface area contributed by atoms with E-state index in [9.17, 15) is 14.9 Å². The van der Waals surface area contributed by atoms with Gasteiger partial charge in [0, 0.05) is 12.7 Å². The molecule has 0 spiro atoms. The molecule has 5 nitrogen and oxygen atoms in total. The van der Waals surface area contributed by atoms with Crippen LogP contribution in [0.15, 0.2) is 59.1 Å². The van der Waals surface area contributed by atoms with E-state index >= 15 is 0 Å². The molecule has 6 heteroatoms. The second-order valence-corrected chi connectivity index (χ2v) is 7.87. The molecule has 0 radical (unpaired) electrons. The maximum atomic E-state index is 13.3. The van der Waals surface area contributed by atoms with Gasteiger partial charge < -0.3 is 5.32 Å². The Balaban J connectivity index is 2.04. The predicted octanol–water partition coefficient (Wildman–Crippen LogP) is 3.48. The van der Waals surface area contributed by atoms with Crippen molar-refractivity contribution < 1.29 is 9.59 Å². The number of rotatable bonds is 4. The fourth-order valence-corrected chi connectivity index (χ4v) is 4.40. The van der Waals surface area contributed by atoms with E-state index in [2.05, 4.69) is 11.4 Å². The number of benzene rings is 2. The van der Waals surface area contributed by atoms with E-state index in [1.165, 1.54) is 23.7 Å². The van der Waals surface area contributed by atoms with Crippen molar-refractivity contribution in [3.05, 3.63) is 75.8 Å². The molecular formula is C22H21N3O2S. The summed E-state index contributed by atoms with van der Waals surface area (Å²) in [6.07, 6.45) is 0.531. The Morgan fingerprint density at radius 1 is 1.18 bits per heavy atom. The van der Waals surface area contributed by atoms with Crippen molar-refractivity contribution in [2.45, 2.75) is 25.5 Å². The van der Waals surface area contributed by atoms with Crippen LogP contribution in [0.1, 0.15) is 16.7 Å². The van der Waals surface area contributed by atoms with Crippen LogP contribution in [0.4, 0.5) is 5.69 Å². The SMILES string of the molecule is CNC(=O)/C(C#N)=C1/S[C@H](Cc2cccc(C)c2)C(=O)N1c1ccc(C)cc1. The molecule has 1 heterocycles. The van der Waals surface area contributed by atoms with Crippen LogP contribution in [0, 0.1) is 25.2 Å². The first-order valence-electron chi connectivity index (χ1n) is 8.94. The highest BCUT2D eigenvalue weighted by Crippen LogP contribution is 2.41. The molecule has 142 valence electrons. The highest BCUT2D eigenvalue weighted by molar-refractivity contribution is 8.05. The van der Waals surface area contributed by atoms with Crippen molar-refractivity contribution in [1.82, 2.24) is 5.32 Å². The van der Waals surface area contributed by atoms with Gasteiger partial charge in [-0.1, -0.05) is 59.3 Å². The van der Waals surface area contributed by atoms with Gasteiger partial charge in [0.15, 0.2) is 0 Å². The number of hydrogen-bond donors (Lipinski definition) is 1. The van der Waals surface area contributed by atoms with Crippen molar-refractivity contribution in [2.75, 3.05) is 11.9 Å². The smallest absolute Gasteiger partial charge is 0.264 e. The number of aryl methyl sites for hydroxylation is 2. The summed E-state index contributed by atoms with van der Waals surface area (Å²) in [5.41, 5.74) is 3.85. The van der Waals surface area contributed by atoms with Gasteiger partial charge in [-0.25, -0.2) is 0 Å². The second-order valence-electron chi connectivity index (χ2n) is 6.68. The lowest BCUT2D eigenvalue weighted by atomic mass is 10.1. The summed E-state index contributed by atoms with van der Waals surface area (Å²) in [5.74, 6) is -0.617. The summed E-state index contributed by atoms with van der Waals surface area (Å²) in [7, 11) is 1.47. The summed E-state index contributed by atoms with van der Waals surface area (Å²) < 4.78 is 0. The summed E-state index contributed by atoms with van der Waals surface area (Å²) in [6.45, 7) is 3.98. The first-order chi connectivity index (χ1) is 13.4. The van der Waals surface area contributed by atoms with Gasteiger partial charge in [-0.05, 0) is 38.0 Å². The molecule has 0 aliphatic carbocycles. The van der Waals surface area contributed by atoms with Crippen molar-refractivity contribution >= 4 is 29.3 Å². The third-order valence-electron chi connectivity index (χ3n) is 4.53. The molecule has 28 heavy (non-hydrogen) atoms. The van der Waals surface area contributed by atoms with Gasteiger partial charge in [0.2, 0.25) is 5.91 Å². The van der Waals surface area contributed by atoms with E-state index in [-0.39, 0.29) is 11.5 Å². The van der Waals surface area contributed by atoms with Gasteiger partial charge in [0.25, 0.3) is 5.91 Å². The molecule has 1 fully saturated rings. The zero-order chi connectivity index (χ0) is 20.3. The van der Waals surface area contributed by atoms with E-state index < -0.39 is 11.2 Å². The average molecular weight is 391 g/mol. The molecule has 1 saturated heterocycles. The highest BCUT2D eigenvalue weighted by Gasteiger charge is 2.40. The van der Waals surface area contributed by atoms with Gasteiger partial charge in [-0.3, -0.25) is 14.5 Å². The number of hydrogen-bond acceptors (Lipinski definition) is 4. The first kappa shape index (κ1) is 19.7. The van der Waals surface area contributed by atoms with Crippen LogP contribution in [0.5, 0.6) is 0 Å². The van der Waals surface area contributed by atoms with Gasteiger partial charge in [-0.15, -0.1) is 0 Å². The number of anilines is 1. The number of nitrogens with one attached hydrogen (secondary N) is 1. The quantitative estimate of drug-likeness (QED) is 0.640. The minimum Gasteiger partial charge on any atom is -0.354 e. The number of nitriles is 1. The average Bonchev–Trinajstić information content (AvgIpc) is 2.99. The molecule has 2 aromatic carbocycles. The van der Waals surface area contributed by atoms with E-state index in [1.807, 2.05) is 62.4 Å². The Morgan fingerprint density at radius 2 is 1.89 bits per heavy atom. The topological polar surface area (TPSA) is 73.2 Å². The van der Waals surface area contributed by atoms with Gasteiger partial charge in [-0.2, -0.15) is 5.26 Å². The van der Waals surface area contributed by atoms with E-state index in [4.69, 9.17) is 0 Å².